The van der Waals surface area contributed by atoms with Gasteiger partial charge in [-0.1, -0.05) is 93.5 Å². The van der Waals surface area contributed by atoms with Gasteiger partial charge in [-0.3, -0.25) is 9.59 Å². The smallest absolute Gasteiger partial charge is 0.277 e. The van der Waals surface area contributed by atoms with Gasteiger partial charge in [-0.25, -0.2) is 10.9 Å². The number of hydrogen-bond donors (Lipinski definition) is 2. The minimum Gasteiger partial charge on any atom is -0.484 e. The molecule has 0 atom stereocenters. The summed E-state index contributed by atoms with van der Waals surface area (Å²) in [6, 6.07) is 15.7. The first kappa shape index (κ1) is 34.5. The summed E-state index contributed by atoms with van der Waals surface area (Å²) in [4.78, 5) is 24.0. The van der Waals surface area contributed by atoms with Crippen molar-refractivity contribution in [1.82, 2.24) is 10.9 Å². The molecule has 2 N–H and O–H groups in total. The molecule has 0 saturated carbocycles. The summed E-state index contributed by atoms with van der Waals surface area (Å²) in [6.45, 7) is 22.0. The molecule has 0 spiro atoms. The maximum atomic E-state index is 12.0. The number of amides is 2. The monoisotopic (exact) mass is 578 g/mol. The quantitative estimate of drug-likeness (QED) is 0.202. The molecule has 230 valence electrons. The molecule has 2 aromatic carbocycles. The van der Waals surface area contributed by atoms with Gasteiger partial charge in [0.1, 0.15) is 11.5 Å². The largest absolute Gasteiger partial charge is 0.484 e. The molecule has 0 saturated heterocycles. The van der Waals surface area contributed by atoms with E-state index < -0.39 is 11.8 Å². The zero-order valence-electron chi connectivity index (χ0n) is 27.1. The van der Waals surface area contributed by atoms with Gasteiger partial charge in [0.2, 0.25) is 0 Å². The number of carbonyl (C=O) groups excluding carboxylic acids is 2. The van der Waals surface area contributed by atoms with Crippen LogP contribution in [0, 0.1) is 10.8 Å². The van der Waals surface area contributed by atoms with Gasteiger partial charge < -0.3 is 9.47 Å². The van der Waals surface area contributed by atoms with Crippen LogP contribution in [-0.4, -0.2) is 37.5 Å². The molecular weight excluding hydrogens is 528 g/mol. The fourth-order valence-electron chi connectivity index (χ4n) is 5.51. The molecule has 0 unspecified atom stereocenters. The molecule has 2 rings (SSSR count). The van der Waals surface area contributed by atoms with E-state index in [9.17, 15) is 9.59 Å². The van der Waals surface area contributed by atoms with Crippen molar-refractivity contribution < 1.29 is 19.1 Å². The van der Waals surface area contributed by atoms with Crippen LogP contribution >= 0.6 is 0 Å². The summed E-state index contributed by atoms with van der Waals surface area (Å²) in [6.07, 6.45) is 4.60. The Kier molecular flexibility index (Phi) is 11.9. The Morgan fingerprint density at radius 1 is 0.595 bits per heavy atom. The Hall–Kier alpha value is -3.68. The number of nitrogens with one attached hydrogen (secondary N) is 2. The topological polar surface area (TPSA) is 101 Å². The van der Waals surface area contributed by atoms with Crippen LogP contribution in [0.5, 0.6) is 11.5 Å². The fourth-order valence-corrected chi connectivity index (χ4v) is 5.51. The molecule has 42 heavy (non-hydrogen) atoms. The lowest BCUT2D eigenvalue weighted by Crippen LogP contribution is -2.26. The van der Waals surface area contributed by atoms with E-state index in [1.165, 1.54) is 23.6 Å². The molecule has 0 aromatic heterocycles. The lowest BCUT2D eigenvalue weighted by Gasteiger charge is -2.33. The highest BCUT2D eigenvalue weighted by Gasteiger charge is 2.28. The molecule has 0 aliphatic heterocycles. The summed E-state index contributed by atoms with van der Waals surface area (Å²) in [7, 11) is 0. The van der Waals surface area contributed by atoms with Gasteiger partial charge in [-0.05, 0) is 69.9 Å². The van der Waals surface area contributed by atoms with E-state index in [0.717, 1.165) is 12.8 Å². The summed E-state index contributed by atoms with van der Waals surface area (Å²) in [5, 5.41) is 7.54. The van der Waals surface area contributed by atoms with Crippen LogP contribution in [0.1, 0.15) is 93.2 Å². The van der Waals surface area contributed by atoms with E-state index in [1.807, 2.05) is 48.5 Å². The van der Waals surface area contributed by atoms with Crippen LogP contribution in [0.2, 0.25) is 0 Å². The Morgan fingerprint density at radius 3 is 1.19 bits per heavy atom. The second kappa shape index (κ2) is 14.5. The van der Waals surface area contributed by atoms with Gasteiger partial charge in [0, 0.05) is 0 Å². The number of carbonyl (C=O) groups is 2. The lowest BCUT2D eigenvalue weighted by molar-refractivity contribution is -0.123. The average molecular weight is 579 g/mol. The molecule has 0 aliphatic rings. The molecule has 8 heteroatoms. The van der Waals surface area contributed by atoms with Crippen molar-refractivity contribution in [1.29, 1.82) is 0 Å². The maximum absolute atomic E-state index is 12.0. The van der Waals surface area contributed by atoms with Crippen molar-refractivity contribution in [2.45, 2.75) is 92.9 Å². The minimum atomic E-state index is -0.415. The highest BCUT2D eigenvalue weighted by Crippen LogP contribution is 2.37. The maximum Gasteiger partial charge on any atom is 0.277 e. The third-order valence-electron chi connectivity index (χ3n) is 6.55. The van der Waals surface area contributed by atoms with Crippen LogP contribution in [0.4, 0.5) is 0 Å². The molecule has 2 aromatic rings. The third kappa shape index (κ3) is 12.9. The Labute approximate surface area is 252 Å². The standard InChI is InChI=1S/C34H50N4O4/c1-31(2,3)23-33(7,8)25-11-15-27(16-12-25)41-21-29(39)37-35-19-20-36-38-30(40)22-42-28-17-13-26(14-18-28)34(9,10)24-32(4,5)6/h11-20H,21-24H2,1-10H3,(H,37,39)(H,38,40)/b35-19+,36-20+. The average Bonchev–Trinajstić information content (AvgIpc) is 2.86. The number of hydrazone groups is 2. The summed E-state index contributed by atoms with van der Waals surface area (Å²) in [5.74, 6) is 0.386. The van der Waals surface area contributed by atoms with Crippen LogP contribution in [0.25, 0.3) is 0 Å². The molecule has 2 amide bonds. The lowest BCUT2D eigenvalue weighted by atomic mass is 9.72. The molecule has 0 radical (unpaired) electrons. The first-order valence-corrected chi connectivity index (χ1v) is 14.5. The number of benzene rings is 2. The summed E-state index contributed by atoms with van der Waals surface area (Å²) in [5.41, 5.74) is 7.67. The molecule has 0 heterocycles. The number of ether oxygens (including phenoxy) is 2. The van der Waals surface area contributed by atoms with E-state index in [2.05, 4.69) is 90.3 Å². The Balaban J connectivity index is 1.69. The first-order chi connectivity index (χ1) is 19.4. The highest BCUT2D eigenvalue weighted by molar-refractivity contribution is 6.16. The second-order valence-corrected chi connectivity index (χ2v) is 14.5. The normalized spacial score (nSPS) is 12.9. The Morgan fingerprint density at radius 2 is 0.905 bits per heavy atom. The van der Waals surface area contributed by atoms with Crippen LogP contribution in [0.15, 0.2) is 58.7 Å². The van der Waals surface area contributed by atoms with E-state index in [1.54, 1.807) is 0 Å². The van der Waals surface area contributed by atoms with Crippen LogP contribution in [0.3, 0.4) is 0 Å². The van der Waals surface area contributed by atoms with Gasteiger partial charge in [0.15, 0.2) is 13.2 Å². The third-order valence-corrected chi connectivity index (χ3v) is 6.55. The minimum absolute atomic E-state index is 0.0343. The molecule has 8 nitrogen and oxygen atoms in total. The number of rotatable bonds is 13. The second-order valence-electron chi connectivity index (χ2n) is 14.5. The van der Waals surface area contributed by atoms with Crippen molar-refractivity contribution in [3.8, 4) is 11.5 Å². The van der Waals surface area contributed by atoms with E-state index in [0.29, 0.717) is 11.5 Å². The zero-order valence-corrected chi connectivity index (χ0v) is 27.1. The summed E-state index contributed by atoms with van der Waals surface area (Å²) >= 11 is 0. The van der Waals surface area contributed by atoms with Crippen LogP contribution in [-0.2, 0) is 20.4 Å². The predicted octanol–water partition coefficient (Wildman–Crippen LogP) is 6.78. The van der Waals surface area contributed by atoms with Crippen molar-refractivity contribution in [3.63, 3.8) is 0 Å². The molecular formula is C34H50N4O4. The first-order valence-electron chi connectivity index (χ1n) is 14.5. The van der Waals surface area contributed by atoms with Gasteiger partial charge in [0.25, 0.3) is 11.8 Å². The SMILES string of the molecule is CC(C)(C)CC(C)(C)c1ccc(OCC(=O)N/N=C/C=N/NC(=O)COc2ccc(C(C)(C)CC(C)(C)C)cc2)cc1. The highest BCUT2D eigenvalue weighted by atomic mass is 16.5. The zero-order chi connectivity index (χ0) is 31.6. The summed E-state index contributed by atoms with van der Waals surface area (Å²) < 4.78 is 11.1. The van der Waals surface area contributed by atoms with E-state index >= 15 is 0 Å². The number of nitrogens with zero attached hydrogens (tertiary/aromatic N) is 2. The molecule has 0 fully saturated rings. The van der Waals surface area contributed by atoms with Crippen molar-refractivity contribution >= 4 is 24.2 Å². The van der Waals surface area contributed by atoms with Crippen LogP contribution < -0.4 is 20.3 Å². The van der Waals surface area contributed by atoms with Gasteiger partial charge >= 0.3 is 0 Å². The van der Waals surface area contributed by atoms with E-state index in [-0.39, 0.29) is 34.9 Å². The van der Waals surface area contributed by atoms with Gasteiger partial charge in [0.05, 0.1) is 12.4 Å². The molecule has 0 aliphatic carbocycles. The number of hydrogen-bond acceptors (Lipinski definition) is 6. The predicted molar refractivity (Wildman–Crippen MR) is 171 cm³/mol. The van der Waals surface area contributed by atoms with E-state index in [4.69, 9.17) is 9.47 Å². The van der Waals surface area contributed by atoms with Gasteiger partial charge in [-0.2, -0.15) is 10.2 Å². The van der Waals surface area contributed by atoms with Crippen molar-refractivity contribution in [3.05, 3.63) is 59.7 Å². The van der Waals surface area contributed by atoms with Crippen molar-refractivity contribution in [2.24, 2.45) is 21.0 Å². The van der Waals surface area contributed by atoms with Gasteiger partial charge in [-0.15, -0.1) is 0 Å². The fraction of sp³-hybridized carbons (Fsp3) is 0.529. The van der Waals surface area contributed by atoms with Crippen molar-refractivity contribution in [2.75, 3.05) is 13.2 Å². The Bertz CT molecular complexity index is 1120. The molecule has 0 bridgehead atoms.